The first-order valence-electron chi connectivity index (χ1n) is 8.96. The van der Waals surface area contributed by atoms with Crippen molar-refractivity contribution in [2.24, 2.45) is 4.99 Å². The van der Waals surface area contributed by atoms with E-state index in [1.165, 1.54) is 0 Å². The number of rotatable bonds is 7. The van der Waals surface area contributed by atoms with Crippen LogP contribution in [0.1, 0.15) is 25.3 Å². The second kappa shape index (κ2) is 10.4. The summed E-state index contributed by atoms with van der Waals surface area (Å²) in [7, 11) is 0. The molecule has 2 rings (SSSR count). The Bertz CT molecular complexity index is 694. The lowest BCUT2D eigenvalue weighted by Crippen LogP contribution is -2.40. The van der Waals surface area contributed by atoms with Crippen LogP contribution in [0.3, 0.4) is 0 Å². The molecule has 1 saturated heterocycles. The van der Waals surface area contributed by atoms with Crippen LogP contribution in [0.2, 0.25) is 5.02 Å². The fourth-order valence-electron chi connectivity index (χ4n) is 2.56. The maximum Gasteiger partial charge on any atom is 0.417 e. The highest BCUT2D eigenvalue weighted by molar-refractivity contribution is 6.31. The number of guanidine groups is 1. The van der Waals surface area contributed by atoms with E-state index in [-0.39, 0.29) is 30.0 Å². The van der Waals surface area contributed by atoms with Crippen LogP contribution in [0.4, 0.5) is 13.2 Å². The van der Waals surface area contributed by atoms with E-state index in [0.29, 0.717) is 25.2 Å². The van der Waals surface area contributed by atoms with E-state index in [4.69, 9.17) is 16.3 Å². The summed E-state index contributed by atoms with van der Waals surface area (Å²) in [5.74, 6) is 0.347. The Morgan fingerprint density at radius 1 is 1.36 bits per heavy atom. The largest absolute Gasteiger partial charge is 0.475 e. The van der Waals surface area contributed by atoms with Gasteiger partial charge in [-0.3, -0.25) is 4.79 Å². The fraction of sp³-hybridized carbons (Fsp3) is 0.588. The molecule has 0 aromatic carbocycles. The molecule has 1 aliphatic heterocycles. The third kappa shape index (κ3) is 6.74. The third-order valence-electron chi connectivity index (χ3n) is 3.94. The van der Waals surface area contributed by atoms with Crippen LogP contribution in [-0.4, -0.2) is 61.1 Å². The van der Waals surface area contributed by atoms with E-state index in [1.807, 2.05) is 6.92 Å². The molecule has 0 atom stereocenters. The number of amides is 1. The van der Waals surface area contributed by atoms with Crippen LogP contribution in [0.25, 0.3) is 0 Å². The number of ether oxygens (including phenoxy) is 1. The van der Waals surface area contributed by atoms with Gasteiger partial charge in [-0.2, -0.15) is 13.2 Å². The van der Waals surface area contributed by atoms with Gasteiger partial charge in [0, 0.05) is 25.8 Å². The number of nitrogens with zero attached hydrogens (tertiary/aromatic N) is 3. The smallest absolute Gasteiger partial charge is 0.417 e. The van der Waals surface area contributed by atoms with E-state index in [9.17, 15) is 18.0 Å². The number of carbonyl (C=O) groups is 1. The van der Waals surface area contributed by atoms with Crippen molar-refractivity contribution in [3.63, 3.8) is 0 Å². The summed E-state index contributed by atoms with van der Waals surface area (Å²) < 4.78 is 43.1. The van der Waals surface area contributed by atoms with Crippen molar-refractivity contribution in [3.8, 4) is 5.88 Å². The molecule has 0 spiro atoms. The average Bonchev–Trinajstić information content (AvgIpc) is 3.17. The molecule has 1 aliphatic rings. The summed E-state index contributed by atoms with van der Waals surface area (Å²) in [4.78, 5) is 21.7. The standard InChI is InChI=1S/C17H23ClF3N5O2/c1-2-22-16(25-11-14(27)26-6-3-4-7-26)23-5-8-28-15-13(18)9-12(10-24-15)17(19,20)21/h9-10H,2-8,11H2,1H3,(H2,22,23,25). The second-order valence-corrected chi connectivity index (χ2v) is 6.47. The molecular formula is C17H23ClF3N5O2. The molecule has 28 heavy (non-hydrogen) atoms. The Kier molecular flexibility index (Phi) is 8.16. The number of nitrogens with one attached hydrogen (secondary N) is 2. The maximum absolute atomic E-state index is 12.6. The van der Waals surface area contributed by atoms with Gasteiger partial charge in [-0.15, -0.1) is 0 Å². The molecule has 0 aliphatic carbocycles. The van der Waals surface area contributed by atoms with Gasteiger partial charge in [-0.05, 0) is 25.8 Å². The summed E-state index contributed by atoms with van der Waals surface area (Å²) in [6, 6.07) is 0.771. The van der Waals surface area contributed by atoms with Crippen molar-refractivity contribution in [2.75, 3.05) is 39.3 Å². The highest BCUT2D eigenvalue weighted by Gasteiger charge is 2.31. The summed E-state index contributed by atoms with van der Waals surface area (Å²) >= 11 is 5.79. The monoisotopic (exact) mass is 421 g/mol. The van der Waals surface area contributed by atoms with Crippen LogP contribution in [0.5, 0.6) is 5.88 Å². The maximum atomic E-state index is 12.6. The SMILES string of the molecule is CCNC(=NCC(=O)N1CCCC1)NCCOc1ncc(C(F)(F)F)cc1Cl. The van der Waals surface area contributed by atoms with E-state index >= 15 is 0 Å². The third-order valence-corrected chi connectivity index (χ3v) is 4.21. The number of alkyl halides is 3. The van der Waals surface area contributed by atoms with Crippen LogP contribution in [0, 0.1) is 0 Å². The molecule has 11 heteroatoms. The van der Waals surface area contributed by atoms with Crippen LogP contribution in [0.15, 0.2) is 17.3 Å². The molecule has 1 aromatic rings. The van der Waals surface area contributed by atoms with Gasteiger partial charge >= 0.3 is 6.18 Å². The number of hydrogen-bond donors (Lipinski definition) is 2. The lowest BCUT2D eigenvalue weighted by atomic mass is 10.3. The molecular weight excluding hydrogens is 399 g/mol. The van der Waals surface area contributed by atoms with Gasteiger partial charge in [-0.25, -0.2) is 9.98 Å². The second-order valence-electron chi connectivity index (χ2n) is 6.07. The zero-order valence-electron chi connectivity index (χ0n) is 15.5. The molecule has 2 heterocycles. The lowest BCUT2D eigenvalue weighted by molar-refractivity contribution is -0.137. The predicted octanol–water partition coefficient (Wildman–Crippen LogP) is 2.31. The molecule has 1 aromatic heterocycles. The summed E-state index contributed by atoms with van der Waals surface area (Å²) in [5, 5.41) is 5.78. The summed E-state index contributed by atoms with van der Waals surface area (Å²) in [5.41, 5.74) is -0.938. The van der Waals surface area contributed by atoms with E-state index in [1.54, 1.807) is 4.90 Å². The highest BCUT2D eigenvalue weighted by atomic mass is 35.5. The molecule has 0 bridgehead atoms. The average molecular weight is 422 g/mol. The van der Waals surface area contributed by atoms with Crippen LogP contribution >= 0.6 is 11.6 Å². The van der Waals surface area contributed by atoms with Crippen LogP contribution in [-0.2, 0) is 11.0 Å². The van der Waals surface area contributed by atoms with Crippen molar-refractivity contribution in [1.29, 1.82) is 0 Å². The first kappa shape index (κ1) is 22.1. The van der Waals surface area contributed by atoms with E-state index < -0.39 is 11.7 Å². The fourth-order valence-corrected chi connectivity index (χ4v) is 2.78. The molecule has 0 unspecified atom stereocenters. The van der Waals surface area contributed by atoms with Gasteiger partial charge in [0.25, 0.3) is 0 Å². The van der Waals surface area contributed by atoms with Crippen molar-refractivity contribution in [1.82, 2.24) is 20.5 Å². The zero-order valence-corrected chi connectivity index (χ0v) is 16.2. The number of carbonyl (C=O) groups excluding carboxylic acids is 1. The topological polar surface area (TPSA) is 78.9 Å². The minimum Gasteiger partial charge on any atom is -0.475 e. The Morgan fingerprint density at radius 2 is 2.07 bits per heavy atom. The lowest BCUT2D eigenvalue weighted by Gasteiger charge is -2.15. The number of pyridine rings is 1. The Balaban J connectivity index is 1.80. The normalized spacial score (nSPS) is 14.9. The zero-order chi connectivity index (χ0) is 20.6. The van der Waals surface area contributed by atoms with Gasteiger partial charge in [0.1, 0.15) is 18.2 Å². The molecule has 1 fully saturated rings. The predicted molar refractivity (Wildman–Crippen MR) is 99.5 cm³/mol. The Morgan fingerprint density at radius 3 is 2.68 bits per heavy atom. The minimum atomic E-state index is -4.51. The number of likely N-dealkylation sites (tertiary alicyclic amines) is 1. The van der Waals surface area contributed by atoms with Crippen molar-refractivity contribution < 1.29 is 22.7 Å². The molecule has 2 N–H and O–H groups in total. The van der Waals surface area contributed by atoms with Crippen LogP contribution < -0.4 is 15.4 Å². The minimum absolute atomic E-state index is 0.0216. The first-order valence-corrected chi connectivity index (χ1v) is 9.34. The Labute approximate surface area is 166 Å². The van der Waals surface area contributed by atoms with Gasteiger partial charge in [0.15, 0.2) is 5.96 Å². The molecule has 0 saturated carbocycles. The van der Waals surface area contributed by atoms with E-state index in [0.717, 1.165) is 32.0 Å². The quantitative estimate of drug-likeness (QED) is 0.401. The number of aromatic nitrogens is 1. The highest BCUT2D eigenvalue weighted by Crippen LogP contribution is 2.32. The first-order chi connectivity index (χ1) is 13.3. The van der Waals surface area contributed by atoms with Gasteiger partial charge in [0.2, 0.25) is 11.8 Å². The number of aliphatic imine (C=N–C) groups is 1. The van der Waals surface area contributed by atoms with Gasteiger partial charge < -0.3 is 20.3 Å². The Hall–Kier alpha value is -2.23. The summed E-state index contributed by atoms with van der Waals surface area (Å²) in [6.07, 6.45) is -1.80. The van der Waals surface area contributed by atoms with Gasteiger partial charge in [0.05, 0.1) is 12.1 Å². The van der Waals surface area contributed by atoms with E-state index in [2.05, 4.69) is 20.6 Å². The van der Waals surface area contributed by atoms with Crippen molar-refractivity contribution >= 4 is 23.5 Å². The molecule has 0 radical (unpaired) electrons. The molecule has 7 nitrogen and oxygen atoms in total. The molecule has 156 valence electrons. The number of hydrogen-bond acceptors (Lipinski definition) is 4. The van der Waals surface area contributed by atoms with Crippen molar-refractivity contribution in [2.45, 2.75) is 25.9 Å². The molecule has 1 amide bonds. The van der Waals surface area contributed by atoms with Gasteiger partial charge in [-0.1, -0.05) is 11.6 Å². The number of halogens is 4. The summed E-state index contributed by atoms with van der Waals surface area (Å²) in [6.45, 7) is 4.48. The van der Waals surface area contributed by atoms with Crippen molar-refractivity contribution in [3.05, 3.63) is 22.8 Å².